The Labute approximate surface area is 186 Å². The molecule has 5 heteroatoms. The van der Waals surface area contributed by atoms with Crippen LogP contribution in [-0.4, -0.2) is 12.1 Å². The van der Waals surface area contributed by atoms with Crippen molar-refractivity contribution in [2.75, 3.05) is 12.5 Å². The standard InChI is InChI=1S/C27H23N3O2/c1-17-14-18(2)27-23(29-30-26-13-10-19-6-4-5-7-22(19)28-26)16-24(32-25(27)15-17)20-8-11-21(31-3)12-9-20/h4-16H,1-3H3,(H,28,30)/b29-23+. The number of hydrogen-bond donors (Lipinski definition) is 1. The van der Waals surface area contributed by atoms with Crippen LogP contribution in [0.15, 0.2) is 88.4 Å². The van der Waals surface area contributed by atoms with Crippen molar-refractivity contribution >= 4 is 27.7 Å². The number of aryl methyl sites for hydroxylation is 2. The summed E-state index contributed by atoms with van der Waals surface area (Å²) < 4.78 is 11.6. The van der Waals surface area contributed by atoms with Gasteiger partial charge in [0, 0.05) is 22.4 Å². The van der Waals surface area contributed by atoms with Crippen LogP contribution in [0.1, 0.15) is 11.1 Å². The van der Waals surface area contributed by atoms with E-state index in [1.54, 1.807) is 7.11 Å². The number of ether oxygens (including phenoxy) is 1. The zero-order chi connectivity index (χ0) is 22.1. The molecule has 0 bridgehead atoms. The monoisotopic (exact) mass is 421 g/mol. The van der Waals surface area contributed by atoms with Crippen LogP contribution in [-0.2, 0) is 0 Å². The number of nitrogens with zero attached hydrogens (tertiary/aromatic N) is 2. The van der Waals surface area contributed by atoms with E-state index in [4.69, 9.17) is 14.3 Å². The van der Waals surface area contributed by atoms with E-state index in [1.165, 1.54) is 0 Å². The highest BCUT2D eigenvalue weighted by molar-refractivity contribution is 5.83. The van der Waals surface area contributed by atoms with Gasteiger partial charge in [0.05, 0.1) is 18.0 Å². The van der Waals surface area contributed by atoms with Crippen molar-refractivity contribution < 1.29 is 9.15 Å². The summed E-state index contributed by atoms with van der Waals surface area (Å²) >= 11 is 0. The van der Waals surface area contributed by atoms with E-state index in [9.17, 15) is 0 Å². The Morgan fingerprint density at radius 1 is 0.906 bits per heavy atom. The maximum absolute atomic E-state index is 6.29. The van der Waals surface area contributed by atoms with Crippen LogP contribution in [0, 0.1) is 13.8 Å². The SMILES string of the molecule is COc1ccc(-c2c/c(=N\Nc3ccc4ccccc4n3)c3c(C)cc(C)cc3o2)cc1. The molecule has 3 aromatic carbocycles. The van der Waals surface area contributed by atoms with E-state index in [0.717, 1.165) is 55.4 Å². The van der Waals surface area contributed by atoms with E-state index in [1.807, 2.05) is 72.8 Å². The lowest BCUT2D eigenvalue weighted by Gasteiger charge is -2.09. The normalized spacial score (nSPS) is 11.8. The summed E-state index contributed by atoms with van der Waals surface area (Å²) in [6.07, 6.45) is 0. The van der Waals surface area contributed by atoms with Crippen LogP contribution in [0.4, 0.5) is 5.82 Å². The van der Waals surface area contributed by atoms with Gasteiger partial charge in [-0.05, 0) is 73.5 Å². The Morgan fingerprint density at radius 2 is 1.72 bits per heavy atom. The molecule has 32 heavy (non-hydrogen) atoms. The van der Waals surface area contributed by atoms with E-state index < -0.39 is 0 Å². The summed E-state index contributed by atoms with van der Waals surface area (Å²) in [6.45, 7) is 4.14. The number of aromatic nitrogens is 1. The zero-order valence-electron chi connectivity index (χ0n) is 18.2. The Morgan fingerprint density at radius 3 is 2.53 bits per heavy atom. The lowest BCUT2D eigenvalue weighted by atomic mass is 10.0. The van der Waals surface area contributed by atoms with Crippen molar-refractivity contribution in [2.24, 2.45) is 5.10 Å². The Hall–Kier alpha value is -4.12. The minimum Gasteiger partial charge on any atom is -0.497 e. The predicted molar refractivity (Wildman–Crippen MR) is 129 cm³/mol. The summed E-state index contributed by atoms with van der Waals surface area (Å²) in [5, 5.41) is 7.59. The summed E-state index contributed by atoms with van der Waals surface area (Å²) in [7, 11) is 1.66. The molecule has 0 radical (unpaired) electrons. The van der Waals surface area contributed by atoms with Gasteiger partial charge in [0.2, 0.25) is 0 Å². The largest absolute Gasteiger partial charge is 0.497 e. The quantitative estimate of drug-likeness (QED) is 0.351. The molecule has 5 aromatic rings. The molecule has 5 nitrogen and oxygen atoms in total. The fraction of sp³-hybridized carbons (Fsp3) is 0.111. The smallest absolute Gasteiger partial charge is 0.146 e. The van der Waals surface area contributed by atoms with Gasteiger partial charge >= 0.3 is 0 Å². The molecular weight excluding hydrogens is 398 g/mol. The van der Waals surface area contributed by atoms with Crippen LogP contribution in [0.5, 0.6) is 5.75 Å². The highest BCUT2D eigenvalue weighted by Crippen LogP contribution is 2.26. The number of rotatable bonds is 4. The van der Waals surface area contributed by atoms with Crippen molar-refractivity contribution in [1.82, 2.24) is 4.98 Å². The Balaban J connectivity index is 1.65. The molecule has 2 heterocycles. The van der Waals surface area contributed by atoms with E-state index in [2.05, 4.69) is 30.3 Å². The number of hydrogen-bond acceptors (Lipinski definition) is 5. The number of fused-ring (bicyclic) bond motifs is 2. The van der Waals surface area contributed by atoms with Crippen LogP contribution < -0.4 is 15.5 Å². The topological polar surface area (TPSA) is 59.6 Å². The molecule has 5 rings (SSSR count). The first-order chi connectivity index (χ1) is 15.6. The molecule has 1 N–H and O–H groups in total. The van der Waals surface area contributed by atoms with Gasteiger partial charge < -0.3 is 9.15 Å². The van der Waals surface area contributed by atoms with Crippen LogP contribution in [0.2, 0.25) is 0 Å². The molecule has 0 aliphatic heterocycles. The zero-order valence-corrected chi connectivity index (χ0v) is 18.2. The average Bonchev–Trinajstić information content (AvgIpc) is 2.82. The fourth-order valence-electron chi connectivity index (χ4n) is 3.91. The van der Waals surface area contributed by atoms with Crippen LogP contribution >= 0.6 is 0 Å². The lowest BCUT2D eigenvalue weighted by Crippen LogP contribution is -2.09. The molecule has 0 aliphatic carbocycles. The second kappa shape index (κ2) is 8.19. The summed E-state index contributed by atoms with van der Waals surface area (Å²) in [5.41, 5.74) is 8.05. The molecule has 0 saturated carbocycles. The van der Waals surface area contributed by atoms with Crippen molar-refractivity contribution in [3.8, 4) is 17.1 Å². The minimum atomic E-state index is 0.688. The van der Waals surface area contributed by atoms with E-state index in [0.29, 0.717) is 5.82 Å². The Bertz CT molecular complexity index is 1500. The third-order valence-electron chi connectivity index (χ3n) is 5.45. The molecule has 0 unspecified atom stereocenters. The van der Waals surface area contributed by atoms with Crippen LogP contribution in [0.3, 0.4) is 0 Å². The Kier molecular flexibility index (Phi) is 5.07. The third-order valence-corrected chi connectivity index (χ3v) is 5.45. The minimum absolute atomic E-state index is 0.688. The number of para-hydroxylation sites is 1. The van der Waals surface area contributed by atoms with Gasteiger partial charge in [0.15, 0.2) is 0 Å². The van der Waals surface area contributed by atoms with Gasteiger partial charge in [-0.15, -0.1) is 0 Å². The number of anilines is 1. The van der Waals surface area contributed by atoms with E-state index >= 15 is 0 Å². The van der Waals surface area contributed by atoms with Gasteiger partial charge in [-0.2, -0.15) is 5.10 Å². The maximum atomic E-state index is 6.29. The first-order valence-electron chi connectivity index (χ1n) is 10.5. The van der Waals surface area contributed by atoms with Crippen molar-refractivity contribution in [3.05, 3.63) is 95.3 Å². The number of nitrogens with one attached hydrogen (secondary N) is 1. The molecule has 0 fully saturated rings. The second-order valence-corrected chi connectivity index (χ2v) is 7.79. The molecular formula is C27H23N3O2. The van der Waals surface area contributed by atoms with Gasteiger partial charge in [-0.3, -0.25) is 5.43 Å². The highest BCUT2D eigenvalue weighted by Gasteiger charge is 2.10. The van der Waals surface area contributed by atoms with E-state index in [-0.39, 0.29) is 0 Å². The summed E-state index contributed by atoms with van der Waals surface area (Å²) in [4.78, 5) is 4.66. The third kappa shape index (κ3) is 3.81. The summed E-state index contributed by atoms with van der Waals surface area (Å²) in [6, 6.07) is 25.9. The number of pyridine rings is 1. The molecule has 0 spiro atoms. The van der Waals surface area contributed by atoms with Gasteiger partial charge in [-0.1, -0.05) is 24.3 Å². The van der Waals surface area contributed by atoms with Crippen molar-refractivity contribution in [3.63, 3.8) is 0 Å². The molecule has 2 aromatic heterocycles. The first kappa shape index (κ1) is 19.8. The average molecular weight is 422 g/mol. The number of benzene rings is 3. The molecule has 0 saturated heterocycles. The predicted octanol–water partition coefficient (Wildman–Crippen LogP) is 6.20. The first-order valence-corrected chi connectivity index (χ1v) is 10.5. The van der Waals surface area contributed by atoms with Gasteiger partial charge in [0.25, 0.3) is 0 Å². The summed E-state index contributed by atoms with van der Waals surface area (Å²) in [5.74, 6) is 2.22. The molecule has 0 atom stereocenters. The highest BCUT2D eigenvalue weighted by atomic mass is 16.5. The molecule has 0 aliphatic rings. The number of methoxy groups -OCH3 is 1. The maximum Gasteiger partial charge on any atom is 0.146 e. The van der Waals surface area contributed by atoms with Crippen LogP contribution in [0.25, 0.3) is 33.2 Å². The van der Waals surface area contributed by atoms with Crippen molar-refractivity contribution in [2.45, 2.75) is 13.8 Å². The van der Waals surface area contributed by atoms with Gasteiger partial charge in [-0.25, -0.2) is 4.98 Å². The van der Waals surface area contributed by atoms with Gasteiger partial charge in [0.1, 0.15) is 22.9 Å². The lowest BCUT2D eigenvalue weighted by molar-refractivity contribution is 0.415. The van der Waals surface area contributed by atoms with Crippen molar-refractivity contribution in [1.29, 1.82) is 0 Å². The fourth-order valence-corrected chi connectivity index (χ4v) is 3.91. The molecule has 0 amide bonds. The second-order valence-electron chi connectivity index (χ2n) is 7.79. The molecule has 158 valence electrons.